The summed E-state index contributed by atoms with van der Waals surface area (Å²) in [5, 5.41) is 6.94. The lowest BCUT2D eigenvalue weighted by molar-refractivity contribution is 0.763. The molecule has 0 atom stereocenters. The fourth-order valence-corrected chi connectivity index (χ4v) is 2.78. The van der Waals surface area contributed by atoms with Gasteiger partial charge in [0.2, 0.25) is 4.77 Å². The van der Waals surface area contributed by atoms with Crippen molar-refractivity contribution in [2.75, 3.05) is 5.43 Å². The second-order valence-electron chi connectivity index (χ2n) is 5.19. The van der Waals surface area contributed by atoms with Crippen LogP contribution in [0.15, 0.2) is 23.0 Å². The van der Waals surface area contributed by atoms with Crippen molar-refractivity contribution >= 4 is 23.3 Å². The number of fused-ring (bicyclic) bond motifs is 1. The molecule has 8 heteroatoms. The van der Waals surface area contributed by atoms with Crippen molar-refractivity contribution in [1.82, 2.24) is 24.0 Å². The maximum Gasteiger partial charge on any atom is 0.328 e. The number of rotatable bonds is 4. The molecular weight excluding hydrogens is 300 g/mol. The molecule has 7 nitrogen and oxygen atoms in total. The first-order chi connectivity index (χ1) is 10.5. The molecule has 1 aromatic carbocycles. The third kappa shape index (κ3) is 2.25. The molecule has 3 rings (SSSR count). The normalized spacial score (nSPS) is 11.2. The van der Waals surface area contributed by atoms with Gasteiger partial charge < -0.3 is 5.43 Å². The van der Waals surface area contributed by atoms with Crippen molar-refractivity contribution in [3.05, 3.63) is 44.8 Å². The summed E-state index contributed by atoms with van der Waals surface area (Å²) in [7, 11) is 3.56. The molecule has 22 heavy (non-hydrogen) atoms. The second kappa shape index (κ2) is 5.45. The number of aryl methyl sites for hydroxylation is 3. The van der Waals surface area contributed by atoms with Crippen molar-refractivity contribution in [2.24, 2.45) is 14.1 Å². The molecule has 0 fully saturated rings. The molecule has 0 aliphatic heterocycles. The van der Waals surface area contributed by atoms with E-state index in [0.717, 1.165) is 28.8 Å². The van der Waals surface area contributed by atoms with Crippen molar-refractivity contribution < 1.29 is 0 Å². The van der Waals surface area contributed by atoms with Gasteiger partial charge >= 0.3 is 5.69 Å². The number of H-pyrrole nitrogens is 1. The molecule has 0 unspecified atom stereocenters. The monoisotopic (exact) mass is 318 g/mol. The van der Waals surface area contributed by atoms with Crippen LogP contribution in [0.5, 0.6) is 0 Å². The number of imidazole rings is 1. The Morgan fingerprint density at radius 1 is 1.27 bits per heavy atom. The summed E-state index contributed by atoms with van der Waals surface area (Å²) in [5.41, 5.74) is 6.14. The molecule has 0 radical (unpaired) electrons. The van der Waals surface area contributed by atoms with E-state index in [1.54, 1.807) is 27.9 Å². The lowest BCUT2D eigenvalue weighted by Gasteiger charge is -2.09. The SMILES string of the molecule is CCc1n[nH]c(=S)n1NCc1ccc2c(c1)n(C)c(=O)n2C. The highest BCUT2D eigenvalue weighted by molar-refractivity contribution is 7.71. The van der Waals surface area contributed by atoms with E-state index in [4.69, 9.17) is 12.2 Å². The molecule has 0 saturated carbocycles. The number of aromatic amines is 1. The third-order valence-electron chi connectivity index (χ3n) is 3.84. The molecule has 0 aliphatic rings. The molecular formula is C14H18N6OS. The maximum absolute atomic E-state index is 12.0. The minimum absolute atomic E-state index is 0.0227. The zero-order chi connectivity index (χ0) is 15.9. The van der Waals surface area contributed by atoms with Crippen LogP contribution in [0, 0.1) is 4.77 Å². The Labute approximate surface area is 132 Å². The van der Waals surface area contributed by atoms with Gasteiger partial charge in [0.1, 0.15) is 0 Å². The van der Waals surface area contributed by atoms with Crippen molar-refractivity contribution in [1.29, 1.82) is 0 Å². The minimum Gasteiger partial charge on any atom is -0.318 e. The first kappa shape index (κ1) is 14.6. The Bertz CT molecular complexity index is 945. The summed E-state index contributed by atoms with van der Waals surface area (Å²) in [5.74, 6) is 0.859. The number of aromatic nitrogens is 5. The van der Waals surface area contributed by atoms with Crippen LogP contribution in [-0.2, 0) is 27.1 Å². The molecule has 3 aromatic rings. The van der Waals surface area contributed by atoms with Crippen molar-refractivity contribution in [3.8, 4) is 0 Å². The summed E-state index contributed by atoms with van der Waals surface area (Å²) in [6.45, 7) is 2.62. The van der Waals surface area contributed by atoms with Gasteiger partial charge in [0, 0.05) is 20.5 Å². The summed E-state index contributed by atoms with van der Waals surface area (Å²) in [6, 6.07) is 5.98. The van der Waals surface area contributed by atoms with Crippen LogP contribution in [-0.4, -0.2) is 24.0 Å². The average molecular weight is 318 g/mol. The summed E-state index contributed by atoms with van der Waals surface area (Å²) >= 11 is 5.21. The zero-order valence-electron chi connectivity index (χ0n) is 12.8. The van der Waals surface area contributed by atoms with E-state index < -0.39 is 0 Å². The van der Waals surface area contributed by atoms with Crippen molar-refractivity contribution in [2.45, 2.75) is 19.9 Å². The Hall–Kier alpha value is -2.35. The van der Waals surface area contributed by atoms with Gasteiger partial charge in [0.25, 0.3) is 0 Å². The third-order valence-corrected chi connectivity index (χ3v) is 4.11. The maximum atomic E-state index is 12.0. The van der Waals surface area contributed by atoms with E-state index in [2.05, 4.69) is 15.6 Å². The average Bonchev–Trinajstić information content (AvgIpc) is 2.99. The van der Waals surface area contributed by atoms with E-state index in [0.29, 0.717) is 11.3 Å². The number of nitrogens with one attached hydrogen (secondary N) is 2. The lowest BCUT2D eigenvalue weighted by atomic mass is 10.2. The predicted octanol–water partition coefficient (Wildman–Crippen LogP) is 1.44. The standard InChI is InChI=1S/C14H18N6OS/c1-4-12-16-17-13(22)20(12)15-8-9-5-6-10-11(7-9)19(3)14(21)18(10)2/h5-7,15H,4,8H2,1-3H3,(H,17,22). The summed E-state index contributed by atoms with van der Waals surface area (Å²) < 4.78 is 5.63. The topological polar surface area (TPSA) is 72.6 Å². The zero-order valence-corrected chi connectivity index (χ0v) is 13.6. The summed E-state index contributed by atoms with van der Waals surface area (Å²) in [4.78, 5) is 12.0. The van der Waals surface area contributed by atoms with Gasteiger partial charge in [-0.25, -0.2) is 9.47 Å². The largest absolute Gasteiger partial charge is 0.328 e. The lowest BCUT2D eigenvalue weighted by Crippen LogP contribution is -2.19. The minimum atomic E-state index is -0.0227. The quantitative estimate of drug-likeness (QED) is 0.714. The van der Waals surface area contributed by atoms with E-state index >= 15 is 0 Å². The first-order valence-corrected chi connectivity index (χ1v) is 7.48. The molecule has 2 aromatic heterocycles. The number of hydrogen-bond acceptors (Lipinski definition) is 4. The Kier molecular flexibility index (Phi) is 3.61. The van der Waals surface area contributed by atoms with E-state index in [1.807, 2.05) is 25.1 Å². The van der Waals surface area contributed by atoms with E-state index in [-0.39, 0.29) is 5.69 Å². The first-order valence-electron chi connectivity index (χ1n) is 7.07. The molecule has 0 spiro atoms. The highest BCUT2D eigenvalue weighted by Crippen LogP contribution is 2.14. The fourth-order valence-electron chi connectivity index (χ4n) is 2.56. The van der Waals surface area contributed by atoms with E-state index in [1.165, 1.54) is 0 Å². The highest BCUT2D eigenvalue weighted by Gasteiger charge is 2.08. The van der Waals surface area contributed by atoms with Gasteiger partial charge in [-0.15, -0.1) is 0 Å². The van der Waals surface area contributed by atoms with Gasteiger partial charge in [0.15, 0.2) is 5.82 Å². The van der Waals surface area contributed by atoms with Crippen LogP contribution in [0.2, 0.25) is 0 Å². The smallest absolute Gasteiger partial charge is 0.318 e. The van der Waals surface area contributed by atoms with Gasteiger partial charge in [0.05, 0.1) is 17.6 Å². The number of benzene rings is 1. The fraction of sp³-hybridized carbons (Fsp3) is 0.357. The second-order valence-corrected chi connectivity index (χ2v) is 5.58. The summed E-state index contributed by atoms with van der Waals surface area (Å²) in [6.07, 6.45) is 0.784. The molecule has 0 bridgehead atoms. The predicted molar refractivity (Wildman–Crippen MR) is 88.0 cm³/mol. The molecule has 0 aliphatic carbocycles. The molecule has 0 saturated heterocycles. The van der Waals surface area contributed by atoms with E-state index in [9.17, 15) is 4.79 Å². The van der Waals surface area contributed by atoms with Crippen LogP contribution in [0.1, 0.15) is 18.3 Å². The Balaban J connectivity index is 1.92. The molecule has 0 amide bonds. The van der Waals surface area contributed by atoms with Crippen LogP contribution in [0.4, 0.5) is 0 Å². The van der Waals surface area contributed by atoms with Crippen LogP contribution >= 0.6 is 12.2 Å². The Morgan fingerprint density at radius 3 is 2.73 bits per heavy atom. The Morgan fingerprint density at radius 2 is 2.00 bits per heavy atom. The number of nitrogens with zero attached hydrogens (tertiary/aromatic N) is 4. The van der Waals surface area contributed by atoms with Gasteiger partial charge in [-0.2, -0.15) is 5.10 Å². The van der Waals surface area contributed by atoms with Crippen LogP contribution < -0.4 is 11.1 Å². The van der Waals surface area contributed by atoms with Gasteiger partial charge in [-0.3, -0.25) is 14.2 Å². The molecule has 2 heterocycles. The van der Waals surface area contributed by atoms with Crippen LogP contribution in [0.25, 0.3) is 11.0 Å². The van der Waals surface area contributed by atoms with Gasteiger partial charge in [-0.05, 0) is 29.9 Å². The number of hydrogen-bond donors (Lipinski definition) is 2. The van der Waals surface area contributed by atoms with Crippen molar-refractivity contribution in [3.63, 3.8) is 0 Å². The highest BCUT2D eigenvalue weighted by atomic mass is 32.1. The molecule has 2 N–H and O–H groups in total. The van der Waals surface area contributed by atoms with Gasteiger partial charge in [-0.1, -0.05) is 13.0 Å². The van der Waals surface area contributed by atoms with Crippen LogP contribution in [0.3, 0.4) is 0 Å². The molecule has 116 valence electrons.